The minimum absolute atomic E-state index is 0.744. The molecule has 0 aliphatic carbocycles. The zero-order chi connectivity index (χ0) is 8.81. The van der Waals surface area contributed by atoms with Gasteiger partial charge < -0.3 is 4.74 Å². The first kappa shape index (κ1) is 9.27. The summed E-state index contributed by atoms with van der Waals surface area (Å²) in [6, 6.07) is 8.45. The summed E-state index contributed by atoms with van der Waals surface area (Å²) in [6.07, 6.45) is 2.14. The highest BCUT2D eigenvalue weighted by molar-refractivity contribution is 5.25. The van der Waals surface area contributed by atoms with E-state index in [1.807, 2.05) is 0 Å². The molecule has 1 rings (SSSR count). The molecule has 0 spiro atoms. The minimum atomic E-state index is 0.744. The summed E-state index contributed by atoms with van der Waals surface area (Å²) in [5.74, 6) is 0. The van der Waals surface area contributed by atoms with Crippen molar-refractivity contribution in [1.82, 2.24) is 0 Å². The van der Waals surface area contributed by atoms with Gasteiger partial charge in [0.15, 0.2) is 0 Å². The van der Waals surface area contributed by atoms with Gasteiger partial charge in [-0.05, 0) is 30.9 Å². The average molecular weight is 163 g/mol. The van der Waals surface area contributed by atoms with Gasteiger partial charge in [-0.25, -0.2) is 0 Å². The van der Waals surface area contributed by atoms with Crippen LogP contribution in [0.25, 0.3) is 0 Å². The zero-order valence-electron chi connectivity index (χ0n) is 7.55. The van der Waals surface area contributed by atoms with E-state index >= 15 is 0 Å². The van der Waals surface area contributed by atoms with Gasteiger partial charge in [-0.3, -0.25) is 0 Å². The van der Waals surface area contributed by atoms with Gasteiger partial charge in [0.05, 0.1) is 7.11 Å². The first-order valence-corrected chi connectivity index (χ1v) is 4.26. The topological polar surface area (TPSA) is 9.23 Å². The van der Waals surface area contributed by atoms with Crippen molar-refractivity contribution < 1.29 is 4.74 Å². The molecule has 0 saturated carbocycles. The van der Waals surface area contributed by atoms with E-state index in [2.05, 4.69) is 38.3 Å². The normalized spacial score (nSPS) is 10.2. The Hall–Kier alpha value is -0.820. The molecule has 1 heteroatoms. The van der Waals surface area contributed by atoms with Crippen LogP contribution in [0.5, 0.6) is 0 Å². The number of aryl methyl sites for hydroxylation is 2. The molecule has 0 unspecified atom stereocenters. The van der Waals surface area contributed by atoms with Gasteiger partial charge in [0.2, 0.25) is 0 Å². The SMILES string of the molecule is [CH2]OCCCc1ccccc1C. The van der Waals surface area contributed by atoms with Crippen molar-refractivity contribution in [1.29, 1.82) is 0 Å². The molecule has 0 fully saturated rings. The van der Waals surface area contributed by atoms with Crippen LogP contribution in [-0.4, -0.2) is 6.61 Å². The van der Waals surface area contributed by atoms with Gasteiger partial charge in [-0.15, -0.1) is 0 Å². The molecule has 0 saturated heterocycles. The number of hydrogen-bond donors (Lipinski definition) is 0. The first-order valence-electron chi connectivity index (χ1n) is 4.26. The summed E-state index contributed by atoms with van der Waals surface area (Å²) >= 11 is 0. The Morgan fingerprint density at radius 1 is 1.33 bits per heavy atom. The van der Waals surface area contributed by atoms with Crippen LogP contribution in [0, 0.1) is 14.0 Å². The number of ether oxygens (including phenoxy) is 1. The lowest BCUT2D eigenvalue weighted by molar-refractivity contribution is 0.237. The summed E-state index contributed by atoms with van der Waals surface area (Å²) in [5, 5.41) is 0. The second-order valence-corrected chi connectivity index (χ2v) is 2.94. The van der Waals surface area contributed by atoms with E-state index in [0.717, 1.165) is 19.4 Å². The van der Waals surface area contributed by atoms with Crippen LogP contribution in [0.15, 0.2) is 24.3 Å². The van der Waals surface area contributed by atoms with E-state index in [9.17, 15) is 0 Å². The van der Waals surface area contributed by atoms with Crippen LogP contribution in [0.3, 0.4) is 0 Å². The van der Waals surface area contributed by atoms with Crippen molar-refractivity contribution in [2.45, 2.75) is 19.8 Å². The standard InChI is InChI=1S/C11H15O/c1-10-6-3-4-7-11(10)8-5-9-12-2/h3-4,6-7H,2,5,8-9H2,1H3. The molecule has 1 aromatic rings. The highest BCUT2D eigenvalue weighted by atomic mass is 16.5. The van der Waals surface area contributed by atoms with Crippen molar-refractivity contribution in [3.8, 4) is 0 Å². The third-order valence-corrected chi connectivity index (χ3v) is 2.00. The number of benzene rings is 1. The quantitative estimate of drug-likeness (QED) is 0.620. The predicted molar refractivity (Wildman–Crippen MR) is 50.8 cm³/mol. The Morgan fingerprint density at radius 3 is 2.75 bits per heavy atom. The van der Waals surface area contributed by atoms with E-state index < -0.39 is 0 Å². The molecule has 1 nitrogen and oxygen atoms in total. The van der Waals surface area contributed by atoms with Gasteiger partial charge in [0.1, 0.15) is 0 Å². The Labute approximate surface area is 74.4 Å². The molecular weight excluding hydrogens is 148 g/mol. The smallest absolute Gasteiger partial charge is 0.0700 e. The molecule has 0 aliphatic rings. The monoisotopic (exact) mass is 163 g/mol. The van der Waals surface area contributed by atoms with Gasteiger partial charge >= 0.3 is 0 Å². The van der Waals surface area contributed by atoms with E-state index in [1.165, 1.54) is 11.1 Å². The van der Waals surface area contributed by atoms with Crippen molar-refractivity contribution in [2.75, 3.05) is 6.61 Å². The summed E-state index contributed by atoms with van der Waals surface area (Å²) in [5.41, 5.74) is 2.77. The van der Waals surface area contributed by atoms with Crippen LogP contribution in [-0.2, 0) is 11.2 Å². The Kier molecular flexibility index (Phi) is 3.81. The summed E-state index contributed by atoms with van der Waals surface area (Å²) in [4.78, 5) is 0. The second-order valence-electron chi connectivity index (χ2n) is 2.94. The fourth-order valence-corrected chi connectivity index (χ4v) is 1.26. The van der Waals surface area contributed by atoms with Crippen LogP contribution in [0.1, 0.15) is 17.5 Å². The van der Waals surface area contributed by atoms with Crippen LogP contribution >= 0.6 is 0 Å². The van der Waals surface area contributed by atoms with Gasteiger partial charge in [0, 0.05) is 6.61 Å². The molecule has 1 aromatic carbocycles. The maximum atomic E-state index is 4.75. The lowest BCUT2D eigenvalue weighted by Crippen LogP contribution is -1.93. The molecule has 0 heterocycles. The predicted octanol–water partition coefficient (Wildman–Crippen LogP) is 2.74. The molecule has 0 atom stereocenters. The number of rotatable bonds is 4. The molecule has 0 aromatic heterocycles. The van der Waals surface area contributed by atoms with Crippen molar-refractivity contribution >= 4 is 0 Å². The summed E-state index contributed by atoms with van der Waals surface area (Å²) in [6.45, 7) is 2.88. The molecule has 0 aliphatic heterocycles. The molecular formula is C11H15O. The molecule has 65 valence electrons. The maximum absolute atomic E-state index is 4.75. The average Bonchev–Trinajstić information content (AvgIpc) is 2.09. The van der Waals surface area contributed by atoms with Crippen molar-refractivity contribution in [3.63, 3.8) is 0 Å². The van der Waals surface area contributed by atoms with Gasteiger partial charge in [-0.1, -0.05) is 24.3 Å². The zero-order valence-corrected chi connectivity index (χ0v) is 7.55. The summed E-state index contributed by atoms with van der Waals surface area (Å²) in [7, 11) is 3.34. The van der Waals surface area contributed by atoms with Crippen LogP contribution < -0.4 is 0 Å². The fourth-order valence-electron chi connectivity index (χ4n) is 1.26. The second kappa shape index (κ2) is 4.94. The van der Waals surface area contributed by atoms with Crippen molar-refractivity contribution in [3.05, 3.63) is 42.5 Å². The van der Waals surface area contributed by atoms with Crippen molar-refractivity contribution in [2.24, 2.45) is 0 Å². The Morgan fingerprint density at radius 2 is 2.08 bits per heavy atom. The molecule has 12 heavy (non-hydrogen) atoms. The van der Waals surface area contributed by atoms with E-state index in [1.54, 1.807) is 0 Å². The molecule has 0 N–H and O–H groups in total. The Bertz CT molecular complexity index is 230. The van der Waals surface area contributed by atoms with E-state index in [0.29, 0.717) is 0 Å². The Balaban J connectivity index is 2.46. The molecule has 0 amide bonds. The third-order valence-electron chi connectivity index (χ3n) is 2.00. The van der Waals surface area contributed by atoms with Crippen LogP contribution in [0.4, 0.5) is 0 Å². The molecule has 0 bridgehead atoms. The first-order chi connectivity index (χ1) is 5.84. The fraction of sp³-hybridized carbons (Fsp3) is 0.364. The molecule has 1 radical (unpaired) electrons. The summed E-state index contributed by atoms with van der Waals surface area (Å²) < 4.78 is 4.75. The lowest BCUT2D eigenvalue weighted by Gasteiger charge is -2.03. The van der Waals surface area contributed by atoms with E-state index in [4.69, 9.17) is 4.74 Å². The highest BCUT2D eigenvalue weighted by Gasteiger charge is 1.95. The number of hydrogen-bond acceptors (Lipinski definition) is 1. The van der Waals surface area contributed by atoms with E-state index in [-0.39, 0.29) is 0 Å². The highest BCUT2D eigenvalue weighted by Crippen LogP contribution is 2.09. The van der Waals surface area contributed by atoms with Crippen LogP contribution in [0.2, 0.25) is 0 Å². The lowest BCUT2D eigenvalue weighted by atomic mass is 10.0. The third kappa shape index (κ3) is 2.67. The largest absolute Gasteiger partial charge is 0.379 e. The van der Waals surface area contributed by atoms with Gasteiger partial charge in [0.25, 0.3) is 0 Å². The van der Waals surface area contributed by atoms with Gasteiger partial charge in [-0.2, -0.15) is 0 Å². The minimum Gasteiger partial charge on any atom is -0.379 e. The maximum Gasteiger partial charge on any atom is 0.0700 e.